The van der Waals surface area contributed by atoms with Crippen molar-refractivity contribution in [3.63, 3.8) is 0 Å². The van der Waals surface area contributed by atoms with Crippen LogP contribution in [0.5, 0.6) is 5.75 Å². The molecule has 144 valence electrons. The molecule has 3 aromatic rings. The van der Waals surface area contributed by atoms with Gasteiger partial charge in [0, 0.05) is 30.4 Å². The van der Waals surface area contributed by atoms with Crippen molar-refractivity contribution in [3.8, 4) is 5.75 Å². The van der Waals surface area contributed by atoms with E-state index in [0.29, 0.717) is 5.56 Å². The second-order valence-electron chi connectivity index (χ2n) is 8.05. The van der Waals surface area contributed by atoms with Gasteiger partial charge in [-0.2, -0.15) is 0 Å². The number of hydrogen-bond donors (Lipinski definition) is 2. The molecule has 2 aromatic carbocycles. The number of fused-ring (bicyclic) bond motifs is 2. The Morgan fingerprint density at radius 1 is 1.25 bits per heavy atom. The summed E-state index contributed by atoms with van der Waals surface area (Å²) in [6, 6.07) is 13.8. The molecule has 1 amide bonds. The number of nitrogens with one attached hydrogen (secondary N) is 2. The fraction of sp³-hybridized carbons (Fsp3) is 0.364. The zero-order valence-electron chi connectivity index (χ0n) is 15.9. The van der Waals surface area contributed by atoms with Crippen molar-refractivity contribution >= 4 is 27.5 Å². The van der Waals surface area contributed by atoms with Crippen molar-refractivity contribution in [2.45, 2.75) is 30.9 Å². The van der Waals surface area contributed by atoms with Crippen LogP contribution in [0.1, 0.15) is 41.2 Å². The van der Waals surface area contributed by atoms with E-state index in [0.717, 1.165) is 53.9 Å². The fourth-order valence-electron chi connectivity index (χ4n) is 4.42. The Kier molecular flexibility index (Phi) is 4.33. The molecule has 1 spiro atoms. The second-order valence-corrected chi connectivity index (χ2v) is 8.93. The molecule has 0 radical (unpaired) electrons. The number of quaternary nitrogens is 1. The minimum atomic E-state index is -0.173. The standard InChI is InChI=1S/C22H23N3O2S/c1-25-10-8-22(9-11-25)13-18(16-4-2-3-5-19(16)27-22)24-21(26)15-6-7-17-20(12-15)28-14-23-17/h2-7,12,14,18H,8-11,13H2,1H3,(H,24,26)/p+1/t18-/m1/s1. The van der Waals surface area contributed by atoms with Crippen LogP contribution in [0.2, 0.25) is 0 Å². The predicted octanol–water partition coefficient (Wildman–Crippen LogP) is 2.60. The van der Waals surface area contributed by atoms with Crippen LogP contribution in [-0.4, -0.2) is 36.6 Å². The summed E-state index contributed by atoms with van der Waals surface area (Å²) in [4.78, 5) is 18.9. The fourth-order valence-corrected chi connectivity index (χ4v) is 5.14. The molecule has 1 saturated heterocycles. The highest BCUT2D eigenvalue weighted by Gasteiger charge is 2.44. The van der Waals surface area contributed by atoms with Gasteiger partial charge in [-0.15, -0.1) is 11.3 Å². The number of carbonyl (C=O) groups is 1. The van der Waals surface area contributed by atoms with Gasteiger partial charge in [0.1, 0.15) is 11.4 Å². The van der Waals surface area contributed by atoms with Gasteiger partial charge in [-0.1, -0.05) is 18.2 Å². The smallest absolute Gasteiger partial charge is 0.251 e. The molecule has 6 heteroatoms. The Morgan fingerprint density at radius 2 is 2.07 bits per heavy atom. The lowest BCUT2D eigenvalue weighted by atomic mass is 9.80. The monoisotopic (exact) mass is 394 g/mol. The Bertz CT molecular complexity index is 1020. The van der Waals surface area contributed by atoms with Crippen LogP contribution in [0.25, 0.3) is 10.2 Å². The SMILES string of the molecule is C[NH+]1CCC2(CC1)C[C@@H](NC(=O)c1ccc3ncsc3c1)c1ccccc1O2. The van der Waals surface area contributed by atoms with E-state index in [4.69, 9.17) is 4.74 Å². The largest absolute Gasteiger partial charge is 0.486 e. The number of ether oxygens (including phenoxy) is 1. The van der Waals surface area contributed by atoms with Crippen LogP contribution >= 0.6 is 11.3 Å². The second kappa shape index (κ2) is 6.87. The van der Waals surface area contributed by atoms with Crippen LogP contribution in [0.4, 0.5) is 0 Å². The number of rotatable bonds is 2. The third-order valence-electron chi connectivity index (χ3n) is 6.11. The summed E-state index contributed by atoms with van der Waals surface area (Å²) in [5.74, 6) is 0.877. The van der Waals surface area contributed by atoms with Crippen LogP contribution in [0, 0.1) is 0 Å². The molecule has 1 fully saturated rings. The van der Waals surface area contributed by atoms with Gasteiger partial charge in [-0.25, -0.2) is 4.98 Å². The highest BCUT2D eigenvalue weighted by atomic mass is 32.1. The predicted molar refractivity (Wildman–Crippen MR) is 110 cm³/mol. The number of aromatic nitrogens is 1. The molecule has 28 heavy (non-hydrogen) atoms. The van der Waals surface area contributed by atoms with Crippen molar-refractivity contribution in [3.05, 3.63) is 59.1 Å². The molecule has 5 rings (SSSR count). The zero-order chi connectivity index (χ0) is 19.1. The van der Waals surface area contributed by atoms with Gasteiger partial charge in [0.15, 0.2) is 0 Å². The van der Waals surface area contributed by atoms with Crippen molar-refractivity contribution in [2.75, 3.05) is 20.1 Å². The molecule has 0 saturated carbocycles. The Hall–Kier alpha value is -2.44. The number of amides is 1. The lowest BCUT2D eigenvalue weighted by Gasteiger charge is -2.45. The maximum atomic E-state index is 13.0. The average molecular weight is 395 g/mol. The average Bonchev–Trinajstić information content (AvgIpc) is 3.18. The number of hydrogen-bond acceptors (Lipinski definition) is 4. The van der Waals surface area contributed by atoms with E-state index in [1.54, 1.807) is 16.2 Å². The van der Waals surface area contributed by atoms with Crippen LogP contribution in [0.3, 0.4) is 0 Å². The first-order valence-corrected chi connectivity index (χ1v) is 10.7. The van der Waals surface area contributed by atoms with E-state index in [1.807, 2.05) is 41.9 Å². The summed E-state index contributed by atoms with van der Waals surface area (Å²) in [5.41, 5.74) is 4.33. The summed E-state index contributed by atoms with van der Waals surface area (Å²) in [5, 5.41) is 3.29. The minimum absolute atomic E-state index is 0.0342. The number of carbonyl (C=O) groups excluding carboxylic acids is 1. The zero-order valence-corrected chi connectivity index (χ0v) is 16.7. The summed E-state index contributed by atoms with van der Waals surface area (Å²) >= 11 is 1.56. The molecule has 1 atom stereocenters. The van der Waals surface area contributed by atoms with E-state index < -0.39 is 0 Å². The number of thiazole rings is 1. The molecule has 1 aromatic heterocycles. The molecular formula is C22H24N3O2S+. The van der Waals surface area contributed by atoms with Gasteiger partial charge in [0.25, 0.3) is 5.91 Å². The normalized spacial score (nSPS) is 26.6. The van der Waals surface area contributed by atoms with Gasteiger partial charge >= 0.3 is 0 Å². The number of piperidine rings is 1. The van der Waals surface area contributed by atoms with Crippen molar-refractivity contribution in [1.82, 2.24) is 10.3 Å². The van der Waals surface area contributed by atoms with Crippen LogP contribution < -0.4 is 15.0 Å². The molecule has 0 bridgehead atoms. The van der Waals surface area contributed by atoms with Crippen LogP contribution in [-0.2, 0) is 0 Å². The third kappa shape index (κ3) is 3.16. The molecule has 5 nitrogen and oxygen atoms in total. The summed E-state index contributed by atoms with van der Waals surface area (Å²) in [6.45, 7) is 2.20. The Morgan fingerprint density at radius 3 is 2.93 bits per heavy atom. The van der Waals surface area contributed by atoms with E-state index >= 15 is 0 Å². The van der Waals surface area contributed by atoms with E-state index in [2.05, 4.69) is 23.4 Å². The summed E-state index contributed by atoms with van der Waals surface area (Å²) in [6.07, 6.45) is 2.87. The highest BCUT2D eigenvalue weighted by Crippen LogP contribution is 2.43. The molecule has 2 aliphatic heterocycles. The van der Waals surface area contributed by atoms with Gasteiger partial charge in [-0.05, 0) is 24.3 Å². The number of likely N-dealkylation sites (tertiary alicyclic amines) is 1. The lowest BCUT2D eigenvalue weighted by molar-refractivity contribution is -0.887. The number of para-hydroxylation sites is 1. The first-order valence-electron chi connectivity index (χ1n) is 9.85. The highest BCUT2D eigenvalue weighted by molar-refractivity contribution is 7.16. The van der Waals surface area contributed by atoms with Crippen molar-refractivity contribution in [1.29, 1.82) is 0 Å². The Balaban J connectivity index is 1.43. The van der Waals surface area contributed by atoms with E-state index in [1.165, 1.54) is 0 Å². The first-order chi connectivity index (χ1) is 13.6. The molecule has 2 aliphatic rings. The van der Waals surface area contributed by atoms with Gasteiger partial charge in [-0.3, -0.25) is 4.79 Å². The third-order valence-corrected chi connectivity index (χ3v) is 6.90. The topological polar surface area (TPSA) is 55.7 Å². The van der Waals surface area contributed by atoms with Crippen LogP contribution in [0.15, 0.2) is 48.0 Å². The van der Waals surface area contributed by atoms with Crippen molar-refractivity contribution in [2.24, 2.45) is 0 Å². The van der Waals surface area contributed by atoms with Gasteiger partial charge in [0.05, 0.1) is 41.9 Å². The maximum absolute atomic E-state index is 13.0. The molecule has 3 heterocycles. The first kappa shape index (κ1) is 17.6. The Labute approximate surface area is 168 Å². The van der Waals surface area contributed by atoms with E-state index in [-0.39, 0.29) is 17.6 Å². The van der Waals surface area contributed by atoms with Gasteiger partial charge < -0.3 is 15.0 Å². The molecule has 0 unspecified atom stereocenters. The van der Waals surface area contributed by atoms with E-state index in [9.17, 15) is 4.79 Å². The molecule has 0 aliphatic carbocycles. The lowest BCUT2D eigenvalue weighted by Crippen LogP contribution is -3.10. The summed E-state index contributed by atoms with van der Waals surface area (Å²) in [7, 11) is 2.23. The maximum Gasteiger partial charge on any atom is 0.251 e. The van der Waals surface area contributed by atoms with Crippen molar-refractivity contribution < 1.29 is 14.4 Å². The quantitative estimate of drug-likeness (QED) is 0.703. The van der Waals surface area contributed by atoms with Gasteiger partial charge in [0.2, 0.25) is 0 Å². The molecule has 2 N–H and O–H groups in total. The molecular weight excluding hydrogens is 370 g/mol. The number of benzene rings is 2. The minimum Gasteiger partial charge on any atom is -0.486 e. The number of nitrogens with zero attached hydrogens (tertiary/aromatic N) is 1. The summed E-state index contributed by atoms with van der Waals surface area (Å²) < 4.78 is 7.54.